The van der Waals surface area contributed by atoms with Crippen LogP contribution < -0.4 is 5.32 Å². The van der Waals surface area contributed by atoms with Gasteiger partial charge >= 0.3 is 0 Å². The Kier molecular flexibility index (Phi) is 5.96. The Morgan fingerprint density at radius 1 is 1.32 bits per heavy atom. The molecule has 2 N–H and O–H groups in total. The highest BCUT2D eigenvalue weighted by molar-refractivity contribution is 7.90. The molecule has 1 aliphatic carbocycles. The molecule has 1 aromatic heterocycles. The lowest BCUT2D eigenvalue weighted by atomic mass is 9.85. The third kappa shape index (κ3) is 3.96. The van der Waals surface area contributed by atoms with Crippen molar-refractivity contribution < 1.29 is 23.1 Å². The summed E-state index contributed by atoms with van der Waals surface area (Å²) >= 11 is 0. The number of carbonyl (C=O) groups excluding carboxylic acids is 2. The maximum absolute atomic E-state index is 13.6. The van der Waals surface area contributed by atoms with E-state index < -0.39 is 38.4 Å². The molecular weight excluding hydrogens is 424 g/mol. The van der Waals surface area contributed by atoms with Gasteiger partial charge in [-0.2, -0.15) is 0 Å². The molecular formula is C19H32N6O5S. The molecule has 1 aliphatic heterocycles. The lowest BCUT2D eigenvalue weighted by molar-refractivity contribution is -0.144. The van der Waals surface area contributed by atoms with E-state index in [1.165, 1.54) is 41.2 Å². The first-order valence-electron chi connectivity index (χ1n) is 10.3. The molecule has 11 nitrogen and oxygen atoms in total. The van der Waals surface area contributed by atoms with E-state index in [1.807, 2.05) is 20.8 Å². The number of β-amino-alcohol motifs (C(OH)–C–C–N with tert-alkyl or cyclic N) is 1. The van der Waals surface area contributed by atoms with Crippen molar-refractivity contribution in [3.63, 3.8) is 0 Å². The lowest BCUT2D eigenvalue weighted by Gasteiger charge is -2.34. The second-order valence-electron chi connectivity index (χ2n) is 9.64. The number of sulfonamides is 1. The van der Waals surface area contributed by atoms with Gasteiger partial charge in [-0.05, 0) is 18.3 Å². The van der Waals surface area contributed by atoms with Crippen molar-refractivity contribution in [3.05, 3.63) is 11.9 Å². The molecule has 1 saturated heterocycles. The van der Waals surface area contributed by atoms with Crippen molar-refractivity contribution in [3.8, 4) is 0 Å². The van der Waals surface area contributed by atoms with Gasteiger partial charge in [-0.1, -0.05) is 26.0 Å². The summed E-state index contributed by atoms with van der Waals surface area (Å²) in [5.74, 6) is -0.708. The van der Waals surface area contributed by atoms with Crippen LogP contribution in [0.2, 0.25) is 0 Å². The molecule has 3 rings (SSSR count). The number of carbonyl (C=O) groups is 2. The van der Waals surface area contributed by atoms with Crippen LogP contribution in [0.3, 0.4) is 0 Å². The number of aromatic nitrogens is 3. The second kappa shape index (κ2) is 7.82. The summed E-state index contributed by atoms with van der Waals surface area (Å²) in [6.45, 7) is 5.63. The summed E-state index contributed by atoms with van der Waals surface area (Å²) in [7, 11) is 0.860. The quantitative estimate of drug-likeness (QED) is 0.586. The van der Waals surface area contributed by atoms with Gasteiger partial charge in [0.05, 0.1) is 12.3 Å². The number of nitrogens with zero attached hydrogens (tertiary/aromatic N) is 5. The number of likely N-dealkylation sites (tertiary alicyclic amines) is 1. The van der Waals surface area contributed by atoms with Gasteiger partial charge in [-0.15, -0.1) is 5.10 Å². The minimum atomic E-state index is -3.60. The van der Waals surface area contributed by atoms with Crippen molar-refractivity contribution in [2.45, 2.75) is 63.0 Å². The van der Waals surface area contributed by atoms with Crippen LogP contribution in [-0.4, -0.2) is 89.4 Å². The Bertz CT molecular complexity index is 963. The predicted octanol–water partition coefficient (Wildman–Crippen LogP) is -0.546. The maximum Gasteiger partial charge on any atom is 0.248 e. The summed E-state index contributed by atoms with van der Waals surface area (Å²) in [4.78, 5) is 27.2. The first kappa shape index (κ1) is 23.6. The van der Waals surface area contributed by atoms with Crippen LogP contribution in [0.25, 0.3) is 0 Å². The van der Waals surface area contributed by atoms with Gasteiger partial charge in [0.1, 0.15) is 22.5 Å². The monoisotopic (exact) mass is 456 g/mol. The molecule has 1 saturated carbocycles. The molecule has 1 aromatic rings. The van der Waals surface area contributed by atoms with E-state index in [0.29, 0.717) is 18.5 Å². The zero-order valence-corrected chi connectivity index (χ0v) is 19.7. The Morgan fingerprint density at radius 2 is 1.94 bits per heavy atom. The molecule has 31 heavy (non-hydrogen) atoms. The Balaban J connectivity index is 1.97. The molecule has 0 bridgehead atoms. The van der Waals surface area contributed by atoms with Gasteiger partial charge in [-0.3, -0.25) is 9.59 Å². The number of likely N-dealkylation sites (N-methyl/N-ethyl adjacent to an activating group) is 1. The molecule has 0 spiro atoms. The van der Waals surface area contributed by atoms with Gasteiger partial charge in [0.2, 0.25) is 21.8 Å². The fourth-order valence-corrected chi connectivity index (χ4v) is 5.91. The van der Waals surface area contributed by atoms with Gasteiger partial charge in [-0.25, -0.2) is 17.4 Å². The number of amides is 2. The average Bonchev–Trinajstić information content (AvgIpc) is 3.19. The number of hydrogen-bond donors (Lipinski definition) is 2. The largest absolute Gasteiger partial charge is 0.391 e. The summed E-state index contributed by atoms with van der Waals surface area (Å²) in [6.07, 6.45) is 1.78. The number of rotatable bonds is 6. The standard InChI is InChI=1S/C19H32N6O5S/c1-18(2,3)15(17(28)24-10-12(26)9-13(24)16(27)20-4)25-11-14(21-22-25)19(7-8-19)31(29,30)23(5)6/h11-13,15,26H,7-10H2,1-6H3,(H,20,27)/t12-,13+,15-/m1/s1. The maximum atomic E-state index is 13.6. The minimum Gasteiger partial charge on any atom is -0.391 e. The first-order valence-corrected chi connectivity index (χ1v) is 11.7. The fourth-order valence-electron chi connectivity index (χ4n) is 4.23. The van der Waals surface area contributed by atoms with Crippen LogP contribution in [0.1, 0.15) is 51.8 Å². The highest BCUT2D eigenvalue weighted by Crippen LogP contribution is 2.53. The highest BCUT2D eigenvalue weighted by atomic mass is 32.2. The lowest BCUT2D eigenvalue weighted by Crippen LogP contribution is -2.49. The molecule has 2 amide bonds. The fraction of sp³-hybridized carbons (Fsp3) is 0.789. The summed E-state index contributed by atoms with van der Waals surface area (Å²) in [5.41, 5.74) is -0.299. The highest BCUT2D eigenvalue weighted by Gasteiger charge is 2.59. The SMILES string of the molecule is CNC(=O)[C@@H]1C[C@@H](O)CN1C(=O)[C@@H](n1cc(C2(S(=O)(=O)N(C)C)CC2)nn1)C(C)(C)C. The van der Waals surface area contributed by atoms with E-state index >= 15 is 0 Å². The predicted molar refractivity (Wildman–Crippen MR) is 112 cm³/mol. The smallest absolute Gasteiger partial charge is 0.248 e. The summed E-state index contributed by atoms with van der Waals surface area (Å²) < 4.78 is 27.1. The van der Waals surface area contributed by atoms with Crippen LogP contribution in [-0.2, 0) is 24.4 Å². The Labute approximate surface area is 182 Å². The third-order valence-corrected chi connectivity index (χ3v) is 8.65. The van der Waals surface area contributed by atoms with Crippen LogP contribution in [0.15, 0.2) is 6.20 Å². The van der Waals surface area contributed by atoms with E-state index in [-0.39, 0.29) is 24.8 Å². The zero-order valence-electron chi connectivity index (χ0n) is 18.9. The molecule has 12 heteroatoms. The molecule has 2 aliphatic rings. The van der Waals surface area contributed by atoms with Crippen molar-refractivity contribution in [2.24, 2.45) is 5.41 Å². The Morgan fingerprint density at radius 3 is 2.42 bits per heavy atom. The van der Waals surface area contributed by atoms with E-state index in [9.17, 15) is 23.1 Å². The number of nitrogens with one attached hydrogen (secondary N) is 1. The third-order valence-electron chi connectivity index (χ3n) is 6.09. The molecule has 174 valence electrons. The van der Waals surface area contributed by atoms with Crippen LogP contribution in [0.4, 0.5) is 0 Å². The normalized spacial score (nSPS) is 24.3. The van der Waals surface area contributed by atoms with Crippen LogP contribution >= 0.6 is 0 Å². The zero-order chi connectivity index (χ0) is 23.4. The molecule has 3 atom stereocenters. The van der Waals surface area contributed by atoms with E-state index in [0.717, 1.165) is 0 Å². The number of aliphatic hydroxyl groups is 1. The van der Waals surface area contributed by atoms with Gasteiger partial charge < -0.3 is 15.3 Å². The minimum absolute atomic E-state index is 0.0456. The number of hydrogen-bond acceptors (Lipinski definition) is 7. The van der Waals surface area contributed by atoms with Crippen molar-refractivity contribution in [1.29, 1.82) is 0 Å². The topological polar surface area (TPSA) is 138 Å². The molecule has 0 aromatic carbocycles. The van der Waals surface area contributed by atoms with Gasteiger partial charge in [0.25, 0.3) is 0 Å². The van der Waals surface area contributed by atoms with Gasteiger partial charge in [0, 0.05) is 34.1 Å². The van der Waals surface area contributed by atoms with Crippen molar-refractivity contribution >= 4 is 21.8 Å². The molecule has 2 fully saturated rings. The van der Waals surface area contributed by atoms with Crippen molar-refractivity contribution in [2.75, 3.05) is 27.7 Å². The second-order valence-corrected chi connectivity index (χ2v) is 12.1. The molecule has 2 heterocycles. The number of aliphatic hydroxyl groups excluding tert-OH is 1. The average molecular weight is 457 g/mol. The summed E-state index contributed by atoms with van der Waals surface area (Å²) in [6, 6.07) is -1.60. The summed E-state index contributed by atoms with van der Waals surface area (Å²) in [5, 5.41) is 20.9. The van der Waals surface area contributed by atoms with E-state index in [4.69, 9.17) is 0 Å². The first-order chi connectivity index (χ1) is 14.3. The van der Waals surface area contributed by atoms with E-state index in [1.54, 1.807) is 0 Å². The van der Waals surface area contributed by atoms with Gasteiger partial charge in [0.15, 0.2) is 0 Å². The molecule has 0 unspecified atom stereocenters. The van der Waals surface area contributed by atoms with Crippen LogP contribution in [0.5, 0.6) is 0 Å². The molecule has 0 radical (unpaired) electrons. The van der Waals surface area contributed by atoms with Crippen molar-refractivity contribution in [1.82, 2.24) is 29.5 Å². The Hall–Kier alpha value is -2.05. The van der Waals surface area contributed by atoms with E-state index in [2.05, 4.69) is 15.6 Å². The van der Waals surface area contributed by atoms with Crippen LogP contribution in [0, 0.1) is 5.41 Å².